The molecule has 0 atom stereocenters. The molecule has 90 valence electrons. The van der Waals surface area contributed by atoms with Crippen LogP contribution in [0.1, 0.15) is 0 Å². The highest BCUT2D eigenvalue weighted by molar-refractivity contribution is 5.64. The first kappa shape index (κ1) is 10.8. The summed E-state index contributed by atoms with van der Waals surface area (Å²) in [7, 11) is 1.61. The molecule has 0 saturated heterocycles. The van der Waals surface area contributed by atoms with E-state index in [9.17, 15) is 4.39 Å². The fraction of sp³-hybridized carbons (Fsp3) is 0.0714. The van der Waals surface area contributed by atoms with Crippen molar-refractivity contribution in [3.63, 3.8) is 0 Å². The van der Waals surface area contributed by atoms with Gasteiger partial charge in [-0.3, -0.25) is 0 Å². The molecular formula is C14H11FN2O. The van der Waals surface area contributed by atoms with E-state index >= 15 is 0 Å². The maximum absolute atomic E-state index is 13.6. The van der Waals surface area contributed by atoms with E-state index in [-0.39, 0.29) is 5.82 Å². The minimum Gasteiger partial charge on any atom is -0.497 e. The van der Waals surface area contributed by atoms with Crippen LogP contribution in [0.5, 0.6) is 5.75 Å². The van der Waals surface area contributed by atoms with Gasteiger partial charge >= 0.3 is 0 Å². The number of imidazole rings is 1. The Balaban J connectivity index is 2.16. The predicted molar refractivity (Wildman–Crippen MR) is 67.1 cm³/mol. The predicted octanol–water partition coefficient (Wildman–Crippen LogP) is 3.15. The van der Waals surface area contributed by atoms with Crippen molar-refractivity contribution in [2.75, 3.05) is 7.11 Å². The van der Waals surface area contributed by atoms with Gasteiger partial charge in [-0.1, -0.05) is 12.1 Å². The van der Waals surface area contributed by atoms with Crippen LogP contribution in [0.2, 0.25) is 0 Å². The second-order valence-corrected chi connectivity index (χ2v) is 3.95. The molecule has 0 aliphatic rings. The van der Waals surface area contributed by atoms with Gasteiger partial charge in [0.05, 0.1) is 12.8 Å². The zero-order valence-electron chi connectivity index (χ0n) is 9.80. The number of fused-ring (bicyclic) bond motifs is 1. The molecule has 0 unspecified atom stereocenters. The average Bonchev–Trinajstić information content (AvgIpc) is 2.84. The SMILES string of the molecule is COc1cccc(-c2cn3cccc(F)c3n2)c1. The molecule has 0 saturated carbocycles. The van der Waals surface area contributed by atoms with Crippen LogP contribution in [0.15, 0.2) is 48.8 Å². The Labute approximate surface area is 103 Å². The van der Waals surface area contributed by atoms with Crippen molar-refractivity contribution in [2.24, 2.45) is 0 Å². The molecule has 0 amide bonds. The Kier molecular flexibility index (Phi) is 2.48. The largest absolute Gasteiger partial charge is 0.497 e. The number of ether oxygens (including phenoxy) is 1. The first-order valence-corrected chi connectivity index (χ1v) is 5.55. The lowest BCUT2D eigenvalue weighted by atomic mass is 10.1. The van der Waals surface area contributed by atoms with E-state index < -0.39 is 0 Å². The highest BCUT2D eigenvalue weighted by Crippen LogP contribution is 2.23. The van der Waals surface area contributed by atoms with Crippen LogP contribution < -0.4 is 4.74 Å². The van der Waals surface area contributed by atoms with Crippen LogP contribution in [0.4, 0.5) is 4.39 Å². The summed E-state index contributed by atoms with van der Waals surface area (Å²) in [5.74, 6) is 0.427. The zero-order chi connectivity index (χ0) is 12.5. The minimum atomic E-state index is -0.327. The van der Waals surface area contributed by atoms with Gasteiger partial charge in [0.15, 0.2) is 11.5 Å². The lowest BCUT2D eigenvalue weighted by Crippen LogP contribution is -1.85. The van der Waals surface area contributed by atoms with E-state index in [4.69, 9.17) is 4.74 Å². The third kappa shape index (κ3) is 1.72. The van der Waals surface area contributed by atoms with Crippen LogP contribution in [-0.2, 0) is 0 Å². The van der Waals surface area contributed by atoms with Gasteiger partial charge in [-0.2, -0.15) is 0 Å². The first-order valence-electron chi connectivity index (χ1n) is 5.55. The fourth-order valence-corrected chi connectivity index (χ4v) is 1.90. The Hall–Kier alpha value is -2.36. The molecule has 2 heterocycles. The minimum absolute atomic E-state index is 0.327. The van der Waals surface area contributed by atoms with Gasteiger partial charge in [-0.25, -0.2) is 9.37 Å². The zero-order valence-corrected chi connectivity index (χ0v) is 9.80. The van der Waals surface area contributed by atoms with Crippen LogP contribution in [0.3, 0.4) is 0 Å². The van der Waals surface area contributed by atoms with Crippen LogP contribution in [-0.4, -0.2) is 16.5 Å². The number of aromatic nitrogens is 2. The van der Waals surface area contributed by atoms with Gasteiger partial charge < -0.3 is 9.14 Å². The molecule has 1 aromatic carbocycles. The van der Waals surface area contributed by atoms with Crippen LogP contribution in [0.25, 0.3) is 16.9 Å². The van der Waals surface area contributed by atoms with Crippen molar-refractivity contribution in [1.82, 2.24) is 9.38 Å². The van der Waals surface area contributed by atoms with Gasteiger partial charge in [0, 0.05) is 18.0 Å². The summed E-state index contributed by atoms with van der Waals surface area (Å²) in [6.45, 7) is 0. The van der Waals surface area contributed by atoms with Crippen molar-refractivity contribution in [2.45, 2.75) is 0 Å². The monoisotopic (exact) mass is 242 g/mol. The summed E-state index contributed by atoms with van der Waals surface area (Å²) in [6.07, 6.45) is 3.57. The van der Waals surface area contributed by atoms with E-state index in [0.29, 0.717) is 5.65 Å². The normalized spacial score (nSPS) is 10.8. The second kappa shape index (κ2) is 4.14. The Bertz CT molecular complexity index is 706. The molecule has 0 N–H and O–H groups in total. The lowest BCUT2D eigenvalue weighted by Gasteiger charge is -2.00. The Morgan fingerprint density at radius 3 is 2.89 bits per heavy atom. The van der Waals surface area contributed by atoms with Crippen molar-refractivity contribution >= 4 is 5.65 Å². The topological polar surface area (TPSA) is 26.5 Å². The summed E-state index contributed by atoms with van der Waals surface area (Å²) in [4.78, 5) is 4.29. The smallest absolute Gasteiger partial charge is 0.173 e. The van der Waals surface area contributed by atoms with E-state index in [2.05, 4.69) is 4.98 Å². The third-order valence-electron chi connectivity index (χ3n) is 2.80. The van der Waals surface area contributed by atoms with Crippen molar-refractivity contribution in [1.29, 1.82) is 0 Å². The standard InChI is InChI=1S/C14H11FN2O/c1-18-11-5-2-4-10(8-11)13-9-17-7-3-6-12(15)14(17)16-13/h2-9H,1H3. The highest BCUT2D eigenvalue weighted by atomic mass is 19.1. The molecule has 0 aliphatic heterocycles. The van der Waals surface area contributed by atoms with Crippen molar-refractivity contribution in [3.05, 3.63) is 54.6 Å². The van der Waals surface area contributed by atoms with Crippen LogP contribution >= 0.6 is 0 Å². The highest BCUT2D eigenvalue weighted by Gasteiger charge is 2.08. The van der Waals surface area contributed by atoms with Crippen molar-refractivity contribution in [3.8, 4) is 17.0 Å². The third-order valence-corrected chi connectivity index (χ3v) is 2.80. The fourth-order valence-electron chi connectivity index (χ4n) is 1.90. The number of rotatable bonds is 2. The average molecular weight is 242 g/mol. The molecule has 2 aromatic heterocycles. The summed E-state index contributed by atoms with van der Waals surface area (Å²) in [5, 5.41) is 0. The molecule has 3 rings (SSSR count). The molecule has 0 aliphatic carbocycles. The van der Waals surface area contributed by atoms with E-state index in [1.807, 2.05) is 24.3 Å². The molecule has 4 heteroatoms. The molecule has 0 bridgehead atoms. The van der Waals surface area contributed by atoms with Gasteiger partial charge in [-0.15, -0.1) is 0 Å². The maximum Gasteiger partial charge on any atom is 0.173 e. The summed E-state index contributed by atoms with van der Waals surface area (Å²) >= 11 is 0. The Morgan fingerprint density at radius 1 is 1.22 bits per heavy atom. The number of hydrogen-bond donors (Lipinski definition) is 0. The molecule has 3 aromatic rings. The first-order chi connectivity index (χ1) is 8.78. The summed E-state index contributed by atoms with van der Waals surface area (Å²) in [5.41, 5.74) is 1.95. The van der Waals surface area contributed by atoms with Crippen molar-refractivity contribution < 1.29 is 9.13 Å². The molecule has 3 nitrogen and oxygen atoms in total. The molecule has 0 spiro atoms. The second-order valence-electron chi connectivity index (χ2n) is 3.95. The molecule has 0 fully saturated rings. The summed E-state index contributed by atoms with van der Waals surface area (Å²) in [6, 6.07) is 10.6. The maximum atomic E-state index is 13.6. The van der Waals surface area contributed by atoms with E-state index in [1.54, 1.807) is 30.0 Å². The number of pyridine rings is 1. The molecular weight excluding hydrogens is 231 g/mol. The number of benzene rings is 1. The van der Waals surface area contributed by atoms with E-state index in [0.717, 1.165) is 17.0 Å². The Morgan fingerprint density at radius 2 is 2.11 bits per heavy atom. The lowest BCUT2D eigenvalue weighted by molar-refractivity contribution is 0.415. The van der Waals surface area contributed by atoms with Crippen LogP contribution in [0, 0.1) is 5.82 Å². The van der Waals surface area contributed by atoms with Gasteiger partial charge in [0.2, 0.25) is 0 Å². The van der Waals surface area contributed by atoms with E-state index in [1.165, 1.54) is 6.07 Å². The number of methoxy groups -OCH3 is 1. The quantitative estimate of drug-likeness (QED) is 0.690. The molecule has 0 radical (unpaired) electrons. The van der Waals surface area contributed by atoms with Gasteiger partial charge in [0.25, 0.3) is 0 Å². The number of hydrogen-bond acceptors (Lipinski definition) is 2. The van der Waals surface area contributed by atoms with Gasteiger partial charge in [-0.05, 0) is 24.3 Å². The molecule has 18 heavy (non-hydrogen) atoms. The number of nitrogens with zero attached hydrogens (tertiary/aromatic N) is 2. The number of halogens is 1. The van der Waals surface area contributed by atoms with Gasteiger partial charge in [0.1, 0.15) is 5.75 Å². The summed E-state index contributed by atoms with van der Waals surface area (Å²) < 4.78 is 20.4.